The number of nitrogen functional groups attached to an aromatic ring is 1. The summed E-state index contributed by atoms with van der Waals surface area (Å²) in [5.41, 5.74) is 9.53. The van der Waals surface area contributed by atoms with Gasteiger partial charge in [0.05, 0.1) is 12.2 Å². The molecule has 0 radical (unpaired) electrons. The Morgan fingerprint density at radius 3 is 2.86 bits per heavy atom. The molecule has 0 unspecified atom stereocenters. The van der Waals surface area contributed by atoms with Crippen LogP contribution in [-0.2, 0) is 16.8 Å². The van der Waals surface area contributed by atoms with E-state index in [1.165, 1.54) is 30.4 Å². The molecule has 2 aliphatic rings. The van der Waals surface area contributed by atoms with E-state index in [4.69, 9.17) is 10.5 Å². The second-order valence-corrected chi connectivity index (χ2v) is 4.36. The molecular formula is C12H15NO. The van der Waals surface area contributed by atoms with Gasteiger partial charge in [-0.2, -0.15) is 0 Å². The molecule has 0 aromatic heterocycles. The van der Waals surface area contributed by atoms with Crippen molar-refractivity contribution in [1.82, 2.24) is 0 Å². The molecular weight excluding hydrogens is 174 g/mol. The van der Waals surface area contributed by atoms with E-state index in [1.54, 1.807) is 0 Å². The lowest BCUT2D eigenvalue weighted by molar-refractivity contribution is -0.114. The average Bonchev–Trinajstić information content (AvgIpc) is 2.13. The van der Waals surface area contributed by atoms with Gasteiger partial charge in [-0.05, 0) is 48.9 Å². The van der Waals surface area contributed by atoms with E-state index in [1.807, 2.05) is 6.07 Å². The van der Waals surface area contributed by atoms with Crippen molar-refractivity contribution < 1.29 is 4.74 Å². The summed E-state index contributed by atoms with van der Waals surface area (Å²) >= 11 is 0. The van der Waals surface area contributed by atoms with Crippen molar-refractivity contribution in [1.29, 1.82) is 0 Å². The summed E-state index contributed by atoms with van der Waals surface area (Å²) in [5, 5.41) is 0. The van der Waals surface area contributed by atoms with Crippen molar-refractivity contribution >= 4 is 5.69 Å². The van der Waals surface area contributed by atoms with Gasteiger partial charge in [-0.25, -0.2) is 0 Å². The molecule has 2 heteroatoms. The second-order valence-electron chi connectivity index (χ2n) is 4.36. The summed E-state index contributed by atoms with van der Waals surface area (Å²) in [4.78, 5) is 0. The maximum absolute atomic E-state index is 5.93. The quantitative estimate of drug-likeness (QED) is 0.635. The minimum atomic E-state index is 0.0707. The summed E-state index contributed by atoms with van der Waals surface area (Å²) in [5.74, 6) is 0. The van der Waals surface area contributed by atoms with E-state index in [2.05, 4.69) is 12.1 Å². The van der Waals surface area contributed by atoms with Crippen LogP contribution in [0.15, 0.2) is 18.2 Å². The molecule has 2 N–H and O–H groups in total. The Bertz CT molecular complexity index is 369. The highest BCUT2D eigenvalue weighted by molar-refractivity contribution is 5.48. The summed E-state index contributed by atoms with van der Waals surface area (Å²) in [6.07, 6.45) is 4.68. The van der Waals surface area contributed by atoms with Crippen LogP contribution in [0.1, 0.15) is 30.4 Å². The van der Waals surface area contributed by atoms with Gasteiger partial charge in [0.1, 0.15) is 0 Å². The third-order valence-corrected chi connectivity index (χ3v) is 3.53. The number of hydrogen-bond acceptors (Lipinski definition) is 2. The normalized spacial score (nSPS) is 22.9. The summed E-state index contributed by atoms with van der Waals surface area (Å²) in [7, 11) is 0. The first-order valence-electron chi connectivity index (χ1n) is 5.33. The molecule has 14 heavy (non-hydrogen) atoms. The Morgan fingerprint density at radius 2 is 2.14 bits per heavy atom. The van der Waals surface area contributed by atoms with E-state index in [0.717, 1.165) is 18.7 Å². The van der Waals surface area contributed by atoms with Crippen LogP contribution in [0.25, 0.3) is 0 Å². The maximum Gasteiger partial charge on any atom is 0.0934 e. The topological polar surface area (TPSA) is 35.2 Å². The molecule has 1 saturated carbocycles. The van der Waals surface area contributed by atoms with Crippen LogP contribution in [0.3, 0.4) is 0 Å². The Morgan fingerprint density at radius 1 is 1.29 bits per heavy atom. The van der Waals surface area contributed by atoms with Gasteiger partial charge in [-0.15, -0.1) is 0 Å². The van der Waals surface area contributed by atoms with E-state index in [0.29, 0.717) is 0 Å². The SMILES string of the molecule is Nc1ccc2c(c1)CCOC21CCC1. The van der Waals surface area contributed by atoms with Crippen molar-refractivity contribution in [2.75, 3.05) is 12.3 Å². The predicted molar refractivity (Wildman–Crippen MR) is 56.0 cm³/mol. The minimum Gasteiger partial charge on any atom is -0.399 e. The number of ether oxygens (including phenoxy) is 1. The molecule has 0 bridgehead atoms. The third-order valence-electron chi connectivity index (χ3n) is 3.53. The Balaban J connectivity index is 2.10. The Kier molecular flexibility index (Phi) is 1.62. The Labute approximate surface area is 84.1 Å². The zero-order valence-corrected chi connectivity index (χ0v) is 8.25. The van der Waals surface area contributed by atoms with E-state index < -0.39 is 0 Å². The molecule has 1 heterocycles. The van der Waals surface area contributed by atoms with Crippen LogP contribution >= 0.6 is 0 Å². The van der Waals surface area contributed by atoms with Crippen LogP contribution in [0, 0.1) is 0 Å². The molecule has 74 valence electrons. The maximum atomic E-state index is 5.93. The summed E-state index contributed by atoms with van der Waals surface area (Å²) in [6.45, 7) is 0.858. The highest BCUT2D eigenvalue weighted by atomic mass is 16.5. The van der Waals surface area contributed by atoms with Crippen LogP contribution in [-0.4, -0.2) is 6.61 Å². The minimum absolute atomic E-state index is 0.0707. The highest BCUT2D eigenvalue weighted by Crippen LogP contribution is 2.48. The lowest BCUT2D eigenvalue weighted by Crippen LogP contribution is -2.41. The number of hydrogen-bond donors (Lipinski definition) is 1. The monoisotopic (exact) mass is 189 g/mol. The fourth-order valence-corrected chi connectivity index (χ4v) is 2.61. The van der Waals surface area contributed by atoms with Crippen LogP contribution in [0.5, 0.6) is 0 Å². The number of rotatable bonds is 0. The molecule has 3 rings (SSSR count). The van der Waals surface area contributed by atoms with Gasteiger partial charge >= 0.3 is 0 Å². The predicted octanol–water partition coefficient (Wildman–Crippen LogP) is 2.22. The number of fused-ring (bicyclic) bond motifs is 2. The zero-order valence-electron chi connectivity index (χ0n) is 8.25. The summed E-state index contributed by atoms with van der Waals surface area (Å²) < 4.78 is 5.93. The van der Waals surface area contributed by atoms with E-state index in [-0.39, 0.29) is 5.60 Å². The average molecular weight is 189 g/mol. The second kappa shape index (κ2) is 2.74. The largest absolute Gasteiger partial charge is 0.399 e. The van der Waals surface area contributed by atoms with Gasteiger partial charge in [0.2, 0.25) is 0 Å². The first kappa shape index (κ1) is 8.30. The molecule has 2 nitrogen and oxygen atoms in total. The van der Waals surface area contributed by atoms with Gasteiger partial charge in [0, 0.05) is 5.69 Å². The van der Waals surface area contributed by atoms with Gasteiger partial charge in [0.25, 0.3) is 0 Å². The Hall–Kier alpha value is -1.02. The number of anilines is 1. The van der Waals surface area contributed by atoms with Gasteiger partial charge in [-0.1, -0.05) is 6.07 Å². The molecule has 1 fully saturated rings. The van der Waals surface area contributed by atoms with Gasteiger partial charge < -0.3 is 10.5 Å². The molecule has 0 amide bonds. The van der Waals surface area contributed by atoms with Crippen molar-refractivity contribution in [3.63, 3.8) is 0 Å². The first-order valence-corrected chi connectivity index (χ1v) is 5.33. The zero-order chi connectivity index (χ0) is 9.60. The fraction of sp³-hybridized carbons (Fsp3) is 0.500. The number of benzene rings is 1. The van der Waals surface area contributed by atoms with Crippen LogP contribution in [0.4, 0.5) is 5.69 Å². The van der Waals surface area contributed by atoms with Crippen molar-refractivity contribution in [3.8, 4) is 0 Å². The molecule has 1 aromatic rings. The first-order chi connectivity index (χ1) is 6.80. The number of nitrogens with two attached hydrogens (primary N) is 1. The lowest BCUT2D eigenvalue weighted by atomic mass is 9.71. The van der Waals surface area contributed by atoms with Crippen LogP contribution < -0.4 is 5.73 Å². The standard InChI is InChI=1S/C12H15NO/c13-10-2-3-11-9(8-10)4-7-14-12(11)5-1-6-12/h2-3,8H,1,4-7,13H2. The molecule has 1 aromatic carbocycles. The molecule has 0 saturated heterocycles. The third kappa shape index (κ3) is 1.01. The van der Waals surface area contributed by atoms with Crippen molar-refractivity contribution in [3.05, 3.63) is 29.3 Å². The summed E-state index contributed by atoms with van der Waals surface area (Å²) in [6, 6.07) is 6.26. The van der Waals surface area contributed by atoms with Crippen LogP contribution in [0.2, 0.25) is 0 Å². The lowest BCUT2D eigenvalue weighted by Gasteiger charge is -2.45. The van der Waals surface area contributed by atoms with Crippen molar-refractivity contribution in [2.45, 2.75) is 31.3 Å². The molecule has 1 aliphatic heterocycles. The smallest absolute Gasteiger partial charge is 0.0934 e. The molecule has 0 atom stereocenters. The van der Waals surface area contributed by atoms with Gasteiger partial charge in [-0.3, -0.25) is 0 Å². The highest BCUT2D eigenvalue weighted by Gasteiger charge is 2.42. The van der Waals surface area contributed by atoms with Gasteiger partial charge in [0.15, 0.2) is 0 Å². The fourth-order valence-electron chi connectivity index (χ4n) is 2.61. The van der Waals surface area contributed by atoms with Crippen molar-refractivity contribution in [2.24, 2.45) is 0 Å². The van der Waals surface area contributed by atoms with E-state index >= 15 is 0 Å². The van der Waals surface area contributed by atoms with E-state index in [9.17, 15) is 0 Å². The molecule has 1 aliphatic carbocycles. The molecule has 1 spiro atoms.